The molecule has 0 bridgehead atoms. The van der Waals surface area contributed by atoms with Crippen molar-refractivity contribution in [3.05, 3.63) is 16.1 Å². The Bertz CT molecular complexity index is 564. The average Bonchev–Trinajstić information content (AvgIpc) is 3.11. The van der Waals surface area contributed by atoms with Gasteiger partial charge in [0.15, 0.2) is 5.96 Å². The molecule has 0 spiro atoms. The molecular formula is C16H27IN4O2S. The molecule has 0 amide bonds. The topological polar surface area (TPSA) is 66.8 Å². The molecule has 0 aliphatic carbocycles. The van der Waals surface area contributed by atoms with E-state index in [1.54, 1.807) is 11.3 Å². The standard InChI is InChI=1S/C16H26N4O2S.HI/c1-5-17-16(18-7-6-13-10-23-12(3)19-13)20-8-11(2)14(9-20)15(21)22-4;/h10-11,14H,5-9H2,1-4H3,(H,17,18);1H. The normalized spacial score (nSPS) is 20.7. The first kappa shape index (κ1) is 21.1. The van der Waals surface area contributed by atoms with Crippen LogP contribution in [0.15, 0.2) is 10.4 Å². The van der Waals surface area contributed by atoms with Gasteiger partial charge in [0.1, 0.15) is 0 Å². The van der Waals surface area contributed by atoms with Gasteiger partial charge in [0.2, 0.25) is 0 Å². The summed E-state index contributed by atoms with van der Waals surface area (Å²) in [5.41, 5.74) is 1.09. The zero-order chi connectivity index (χ0) is 16.8. The molecule has 136 valence electrons. The number of methoxy groups -OCH3 is 1. The van der Waals surface area contributed by atoms with Gasteiger partial charge < -0.3 is 15.0 Å². The number of thiazole rings is 1. The molecule has 1 saturated heterocycles. The number of likely N-dealkylation sites (tertiary alicyclic amines) is 1. The van der Waals surface area contributed by atoms with E-state index < -0.39 is 0 Å². The van der Waals surface area contributed by atoms with Crippen LogP contribution in [0, 0.1) is 18.8 Å². The number of hydrogen-bond acceptors (Lipinski definition) is 5. The van der Waals surface area contributed by atoms with E-state index in [4.69, 9.17) is 9.73 Å². The number of rotatable bonds is 5. The summed E-state index contributed by atoms with van der Waals surface area (Å²) < 4.78 is 4.90. The first-order valence-electron chi connectivity index (χ1n) is 8.07. The summed E-state index contributed by atoms with van der Waals surface area (Å²) in [7, 11) is 1.45. The molecule has 0 radical (unpaired) electrons. The van der Waals surface area contributed by atoms with Crippen molar-refractivity contribution in [3.8, 4) is 0 Å². The van der Waals surface area contributed by atoms with Gasteiger partial charge >= 0.3 is 5.97 Å². The summed E-state index contributed by atoms with van der Waals surface area (Å²) in [5.74, 6) is 0.934. The van der Waals surface area contributed by atoms with E-state index in [1.807, 2.05) is 6.92 Å². The lowest BCUT2D eigenvalue weighted by atomic mass is 9.99. The van der Waals surface area contributed by atoms with Gasteiger partial charge in [-0.1, -0.05) is 6.92 Å². The Morgan fingerprint density at radius 1 is 1.54 bits per heavy atom. The van der Waals surface area contributed by atoms with Gasteiger partial charge in [0.05, 0.1) is 23.7 Å². The van der Waals surface area contributed by atoms with Gasteiger partial charge in [-0.15, -0.1) is 35.3 Å². The van der Waals surface area contributed by atoms with Crippen molar-refractivity contribution in [3.63, 3.8) is 0 Å². The van der Waals surface area contributed by atoms with Crippen molar-refractivity contribution in [2.45, 2.75) is 27.2 Å². The zero-order valence-electron chi connectivity index (χ0n) is 14.7. The van der Waals surface area contributed by atoms with Gasteiger partial charge in [0, 0.05) is 38.0 Å². The maximum absolute atomic E-state index is 11.8. The maximum atomic E-state index is 11.8. The molecule has 24 heavy (non-hydrogen) atoms. The number of hydrogen-bond donors (Lipinski definition) is 1. The van der Waals surface area contributed by atoms with Crippen LogP contribution in [0.3, 0.4) is 0 Å². The lowest BCUT2D eigenvalue weighted by molar-refractivity contribution is -0.145. The molecular weight excluding hydrogens is 439 g/mol. The maximum Gasteiger partial charge on any atom is 0.310 e. The van der Waals surface area contributed by atoms with Crippen LogP contribution in [-0.4, -0.2) is 55.1 Å². The minimum atomic E-state index is -0.131. The molecule has 1 aliphatic rings. The fourth-order valence-corrected chi connectivity index (χ4v) is 3.47. The molecule has 1 aromatic heterocycles. The summed E-state index contributed by atoms with van der Waals surface area (Å²) in [6, 6.07) is 0. The minimum absolute atomic E-state index is 0. The molecule has 0 aromatic carbocycles. The van der Waals surface area contributed by atoms with E-state index in [-0.39, 0.29) is 41.8 Å². The molecule has 0 saturated carbocycles. The number of halogens is 1. The van der Waals surface area contributed by atoms with Crippen molar-refractivity contribution in [1.82, 2.24) is 15.2 Å². The van der Waals surface area contributed by atoms with Gasteiger partial charge in [-0.2, -0.15) is 0 Å². The summed E-state index contributed by atoms with van der Waals surface area (Å²) in [6.45, 7) is 9.14. The molecule has 1 N–H and O–H groups in total. The highest BCUT2D eigenvalue weighted by Gasteiger charge is 2.36. The van der Waals surface area contributed by atoms with Crippen molar-refractivity contribution in [2.75, 3.05) is 33.3 Å². The second-order valence-corrected chi connectivity index (χ2v) is 6.92. The van der Waals surface area contributed by atoms with Crippen LogP contribution in [0.25, 0.3) is 0 Å². The first-order chi connectivity index (χ1) is 11.0. The smallest absolute Gasteiger partial charge is 0.310 e. The quantitative estimate of drug-likeness (QED) is 0.312. The SMILES string of the molecule is CCNC(=NCCc1csc(C)n1)N1CC(C)C(C(=O)OC)C1.I. The Morgan fingerprint density at radius 2 is 2.29 bits per heavy atom. The predicted molar refractivity (Wildman–Crippen MR) is 108 cm³/mol. The first-order valence-corrected chi connectivity index (χ1v) is 8.95. The summed E-state index contributed by atoms with van der Waals surface area (Å²) >= 11 is 1.67. The Balaban J connectivity index is 0.00000288. The van der Waals surface area contributed by atoms with E-state index in [0.717, 1.165) is 36.2 Å². The summed E-state index contributed by atoms with van der Waals surface area (Å²) in [6.07, 6.45) is 0.836. The second kappa shape index (κ2) is 10.2. The largest absolute Gasteiger partial charge is 0.469 e. The fourth-order valence-electron chi connectivity index (χ4n) is 2.82. The van der Waals surface area contributed by atoms with E-state index in [1.165, 1.54) is 7.11 Å². The van der Waals surface area contributed by atoms with Gasteiger partial charge in [-0.05, 0) is 19.8 Å². The van der Waals surface area contributed by atoms with Gasteiger partial charge in [-0.25, -0.2) is 4.98 Å². The van der Waals surface area contributed by atoms with Crippen molar-refractivity contribution < 1.29 is 9.53 Å². The molecule has 6 nitrogen and oxygen atoms in total. The van der Waals surface area contributed by atoms with Crippen LogP contribution in [0.1, 0.15) is 24.5 Å². The third-order valence-corrected chi connectivity index (χ3v) is 4.87. The molecule has 2 heterocycles. The Labute approximate surface area is 165 Å². The summed E-state index contributed by atoms with van der Waals surface area (Å²) in [4.78, 5) is 23.2. The number of nitrogens with zero attached hydrogens (tertiary/aromatic N) is 3. The van der Waals surface area contributed by atoms with Crippen LogP contribution in [0.2, 0.25) is 0 Å². The second-order valence-electron chi connectivity index (χ2n) is 5.86. The van der Waals surface area contributed by atoms with Crippen molar-refractivity contribution >= 4 is 47.2 Å². The lowest BCUT2D eigenvalue weighted by Gasteiger charge is -2.21. The summed E-state index contributed by atoms with van der Waals surface area (Å²) in [5, 5.41) is 6.49. The molecule has 8 heteroatoms. The minimum Gasteiger partial charge on any atom is -0.469 e. The van der Waals surface area contributed by atoms with Crippen molar-refractivity contribution in [1.29, 1.82) is 0 Å². The number of carbonyl (C=O) groups is 1. The number of aliphatic imine (C=N–C) groups is 1. The number of aryl methyl sites for hydroxylation is 1. The number of ether oxygens (including phenoxy) is 1. The van der Waals surface area contributed by atoms with Crippen LogP contribution < -0.4 is 5.32 Å². The number of carbonyl (C=O) groups excluding carboxylic acids is 1. The number of esters is 1. The highest BCUT2D eigenvalue weighted by Crippen LogP contribution is 2.24. The third kappa shape index (κ3) is 5.58. The number of guanidine groups is 1. The fraction of sp³-hybridized carbons (Fsp3) is 0.688. The van der Waals surface area contributed by atoms with E-state index >= 15 is 0 Å². The Kier molecular flexibility index (Phi) is 8.96. The highest BCUT2D eigenvalue weighted by molar-refractivity contribution is 14.0. The van der Waals surface area contributed by atoms with E-state index in [0.29, 0.717) is 13.1 Å². The molecule has 2 rings (SSSR count). The zero-order valence-corrected chi connectivity index (χ0v) is 17.9. The third-order valence-electron chi connectivity index (χ3n) is 4.05. The number of aromatic nitrogens is 1. The molecule has 1 aromatic rings. The highest BCUT2D eigenvalue weighted by atomic mass is 127. The van der Waals surface area contributed by atoms with Crippen LogP contribution >= 0.6 is 35.3 Å². The predicted octanol–water partition coefficient (Wildman–Crippen LogP) is 2.32. The molecule has 1 fully saturated rings. The van der Waals surface area contributed by atoms with Gasteiger partial charge in [-0.3, -0.25) is 9.79 Å². The molecule has 2 unspecified atom stereocenters. The molecule has 1 aliphatic heterocycles. The number of nitrogens with one attached hydrogen (secondary N) is 1. The lowest BCUT2D eigenvalue weighted by Crippen LogP contribution is -2.40. The Hall–Kier alpha value is -0.900. The monoisotopic (exact) mass is 466 g/mol. The van der Waals surface area contributed by atoms with Gasteiger partial charge in [0.25, 0.3) is 0 Å². The van der Waals surface area contributed by atoms with E-state index in [9.17, 15) is 4.79 Å². The van der Waals surface area contributed by atoms with Crippen LogP contribution in [0.5, 0.6) is 0 Å². The van der Waals surface area contributed by atoms with Crippen LogP contribution in [0.4, 0.5) is 0 Å². The molecule has 2 atom stereocenters. The average molecular weight is 466 g/mol. The Morgan fingerprint density at radius 3 is 2.88 bits per heavy atom. The van der Waals surface area contributed by atoms with E-state index in [2.05, 4.69) is 34.4 Å². The van der Waals surface area contributed by atoms with Crippen LogP contribution in [-0.2, 0) is 16.0 Å². The van der Waals surface area contributed by atoms with Crippen molar-refractivity contribution in [2.24, 2.45) is 16.8 Å².